The van der Waals surface area contributed by atoms with E-state index in [4.69, 9.17) is 0 Å². The summed E-state index contributed by atoms with van der Waals surface area (Å²) in [5.74, 6) is -0.126. The van der Waals surface area contributed by atoms with Gasteiger partial charge in [-0.3, -0.25) is 14.6 Å². The second-order valence-corrected chi connectivity index (χ2v) is 5.19. The first-order chi connectivity index (χ1) is 11.3. The molecule has 0 radical (unpaired) electrons. The lowest BCUT2D eigenvalue weighted by atomic mass is 10.1. The third-order valence-corrected chi connectivity index (χ3v) is 3.36. The Balaban J connectivity index is 1.55. The van der Waals surface area contributed by atoms with E-state index < -0.39 is 0 Å². The molecule has 5 nitrogen and oxygen atoms in total. The minimum Gasteiger partial charge on any atom is -0.354 e. The van der Waals surface area contributed by atoms with Crippen molar-refractivity contribution in [2.24, 2.45) is 0 Å². The van der Waals surface area contributed by atoms with Gasteiger partial charge in [-0.05, 0) is 36.6 Å². The summed E-state index contributed by atoms with van der Waals surface area (Å²) in [7, 11) is 0. The van der Waals surface area contributed by atoms with E-state index in [9.17, 15) is 9.59 Å². The van der Waals surface area contributed by atoms with Gasteiger partial charge in [0.05, 0.1) is 0 Å². The number of hydrogen-bond acceptors (Lipinski definition) is 3. The highest BCUT2D eigenvalue weighted by Gasteiger charge is 2.04. The standard InChI is InChI=1S/C18H21N3O2/c22-17(10-4-6-15-7-5-11-19-14-15)20-12-13-21-18(23)16-8-2-1-3-9-16/h1-3,5,7-9,11,14H,4,6,10,12-13H2,(H,20,22)(H,21,23). The topological polar surface area (TPSA) is 71.1 Å². The Kier molecular flexibility index (Phi) is 6.78. The largest absolute Gasteiger partial charge is 0.354 e. The molecule has 2 amide bonds. The highest BCUT2D eigenvalue weighted by Crippen LogP contribution is 2.02. The molecule has 0 saturated heterocycles. The molecule has 0 spiro atoms. The molecule has 0 saturated carbocycles. The number of nitrogens with zero attached hydrogens (tertiary/aromatic N) is 1. The lowest BCUT2D eigenvalue weighted by Gasteiger charge is -2.07. The highest BCUT2D eigenvalue weighted by atomic mass is 16.2. The zero-order valence-corrected chi connectivity index (χ0v) is 13.0. The monoisotopic (exact) mass is 311 g/mol. The van der Waals surface area contributed by atoms with Crippen molar-refractivity contribution in [1.29, 1.82) is 0 Å². The van der Waals surface area contributed by atoms with Crippen molar-refractivity contribution in [2.75, 3.05) is 13.1 Å². The first-order valence-electron chi connectivity index (χ1n) is 7.74. The second-order valence-electron chi connectivity index (χ2n) is 5.19. The Labute approximate surface area is 136 Å². The molecule has 0 unspecified atom stereocenters. The minimum atomic E-state index is -0.128. The molecule has 1 aromatic carbocycles. The van der Waals surface area contributed by atoms with Crippen molar-refractivity contribution >= 4 is 11.8 Å². The fraction of sp³-hybridized carbons (Fsp3) is 0.278. The summed E-state index contributed by atoms with van der Waals surface area (Å²) in [4.78, 5) is 27.5. The van der Waals surface area contributed by atoms with Gasteiger partial charge in [0.1, 0.15) is 0 Å². The number of pyridine rings is 1. The lowest BCUT2D eigenvalue weighted by Crippen LogP contribution is -2.34. The third-order valence-electron chi connectivity index (χ3n) is 3.36. The van der Waals surface area contributed by atoms with Gasteiger partial charge in [-0.15, -0.1) is 0 Å². The Hall–Kier alpha value is -2.69. The van der Waals surface area contributed by atoms with E-state index in [1.54, 1.807) is 18.3 Å². The first kappa shape index (κ1) is 16.7. The molecular formula is C18H21N3O2. The smallest absolute Gasteiger partial charge is 0.251 e. The minimum absolute atomic E-state index is 0.00264. The van der Waals surface area contributed by atoms with Crippen molar-refractivity contribution in [1.82, 2.24) is 15.6 Å². The number of carbonyl (C=O) groups is 2. The van der Waals surface area contributed by atoms with Gasteiger partial charge in [0.2, 0.25) is 5.91 Å². The van der Waals surface area contributed by atoms with Gasteiger partial charge in [-0.25, -0.2) is 0 Å². The van der Waals surface area contributed by atoms with Crippen molar-refractivity contribution < 1.29 is 9.59 Å². The first-order valence-corrected chi connectivity index (χ1v) is 7.74. The predicted octanol–water partition coefficient (Wildman–Crippen LogP) is 1.95. The van der Waals surface area contributed by atoms with Crippen LogP contribution in [0.25, 0.3) is 0 Å². The van der Waals surface area contributed by atoms with Gasteiger partial charge in [-0.1, -0.05) is 24.3 Å². The van der Waals surface area contributed by atoms with E-state index in [0.29, 0.717) is 25.1 Å². The van der Waals surface area contributed by atoms with E-state index in [1.807, 2.05) is 36.5 Å². The summed E-state index contributed by atoms with van der Waals surface area (Å²) in [5, 5.41) is 5.58. The van der Waals surface area contributed by atoms with Crippen LogP contribution in [0.15, 0.2) is 54.9 Å². The lowest BCUT2D eigenvalue weighted by molar-refractivity contribution is -0.121. The maximum Gasteiger partial charge on any atom is 0.251 e. The van der Waals surface area contributed by atoms with Gasteiger partial charge in [0.15, 0.2) is 0 Å². The fourth-order valence-corrected chi connectivity index (χ4v) is 2.16. The molecule has 120 valence electrons. The molecule has 0 aliphatic rings. The molecule has 2 rings (SSSR count). The SMILES string of the molecule is O=C(CCCc1cccnc1)NCCNC(=O)c1ccccc1. The Morgan fingerprint density at radius 1 is 0.957 bits per heavy atom. The van der Waals surface area contributed by atoms with E-state index in [1.165, 1.54) is 0 Å². The summed E-state index contributed by atoms with van der Waals surface area (Å²) in [6, 6.07) is 12.9. The average Bonchev–Trinajstić information content (AvgIpc) is 2.60. The Morgan fingerprint density at radius 3 is 2.48 bits per heavy atom. The zero-order valence-electron chi connectivity index (χ0n) is 13.0. The maximum atomic E-state index is 11.8. The molecule has 0 aliphatic carbocycles. The van der Waals surface area contributed by atoms with Gasteiger partial charge < -0.3 is 10.6 Å². The second kappa shape index (κ2) is 9.35. The van der Waals surface area contributed by atoms with Crippen molar-refractivity contribution in [3.05, 3.63) is 66.0 Å². The van der Waals surface area contributed by atoms with Crippen LogP contribution in [0, 0.1) is 0 Å². The van der Waals surface area contributed by atoms with E-state index in [0.717, 1.165) is 18.4 Å². The normalized spacial score (nSPS) is 10.1. The van der Waals surface area contributed by atoms with Crippen LogP contribution >= 0.6 is 0 Å². The summed E-state index contributed by atoms with van der Waals surface area (Å²) >= 11 is 0. The molecule has 5 heteroatoms. The summed E-state index contributed by atoms with van der Waals surface area (Å²) < 4.78 is 0. The summed E-state index contributed by atoms with van der Waals surface area (Å²) in [5.41, 5.74) is 1.76. The van der Waals surface area contributed by atoms with Crippen molar-refractivity contribution in [2.45, 2.75) is 19.3 Å². The number of hydrogen-bond donors (Lipinski definition) is 2. The zero-order chi connectivity index (χ0) is 16.3. The van der Waals surface area contributed by atoms with Crippen LogP contribution in [0.5, 0.6) is 0 Å². The summed E-state index contributed by atoms with van der Waals surface area (Å²) in [6.45, 7) is 0.854. The maximum absolute atomic E-state index is 11.8. The number of carbonyl (C=O) groups excluding carboxylic acids is 2. The Morgan fingerprint density at radius 2 is 1.74 bits per heavy atom. The van der Waals surface area contributed by atoms with Crippen LogP contribution < -0.4 is 10.6 Å². The number of benzene rings is 1. The van der Waals surface area contributed by atoms with E-state index in [-0.39, 0.29) is 11.8 Å². The van der Waals surface area contributed by atoms with Crippen LogP contribution in [-0.2, 0) is 11.2 Å². The van der Waals surface area contributed by atoms with E-state index >= 15 is 0 Å². The fourth-order valence-electron chi connectivity index (χ4n) is 2.16. The Bertz CT molecular complexity index is 615. The van der Waals surface area contributed by atoms with Crippen LogP contribution in [0.1, 0.15) is 28.8 Å². The van der Waals surface area contributed by atoms with Crippen LogP contribution in [0.3, 0.4) is 0 Å². The van der Waals surface area contributed by atoms with Crippen molar-refractivity contribution in [3.8, 4) is 0 Å². The van der Waals surface area contributed by atoms with Crippen LogP contribution in [0.4, 0.5) is 0 Å². The molecule has 1 aromatic heterocycles. The number of aryl methyl sites for hydroxylation is 1. The van der Waals surface area contributed by atoms with Crippen molar-refractivity contribution in [3.63, 3.8) is 0 Å². The van der Waals surface area contributed by atoms with Crippen LogP contribution in [-0.4, -0.2) is 29.9 Å². The quantitative estimate of drug-likeness (QED) is 0.732. The molecule has 0 aliphatic heterocycles. The molecule has 23 heavy (non-hydrogen) atoms. The molecule has 0 fully saturated rings. The molecule has 2 aromatic rings. The number of aromatic nitrogens is 1. The molecule has 0 atom stereocenters. The molecule has 2 N–H and O–H groups in total. The average molecular weight is 311 g/mol. The molecule has 0 bridgehead atoms. The van der Waals surface area contributed by atoms with Gasteiger partial charge in [0.25, 0.3) is 5.91 Å². The number of amides is 2. The van der Waals surface area contributed by atoms with Gasteiger partial charge >= 0.3 is 0 Å². The number of nitrogens with one attached hydrogen (secondary N) is 2. The highest BCUT2D eigenvalue weighted by molar-refractivity contribution is 5.94. The van der Waals surface area contributed by atoms with Gasteiger partial charge in [-0.2, -0.15) is 0 Å². The summed E-state index contributed by atoms with van der Waals surface area (Å²) in [6.07, 6.45) is 5.65. The van der Waals surface area contributed by atoms with E-state index in [2.05, 4.69) is 15.6 Å². The molecule has 1 heterocycles. The number of rotatable bonds is 8. The van der Waals surface area contributed by atoms with Crippen LogP contribution in [0.2, 0.25) is 0 Å². The molecular weight excluding hydrogens is 290 g/mol. The predicted molar refractivity (Wildman–Crippen MR) is 89.0 cm³/mol. The third kappa shape index (κ3) is 6.30. The van der Waals surface area contributed by atoms with Gasteiger partial charge in [0, 0.05) is 37.5 Å².